The van der Waals surface area contributed by atoms with E-state index in [1.165, 1.54) is 52.5 Å². The average molecular weight is 1200 g/mol. The first-order valence-corrected chi connectivity index (χ1v) is 30.0. The molecule has 1 aromatic carbocycles. The number of carbonyl (C=O) groups excluding carboxylic acids is 8. The first kappa shape index (κ1) is 63.5. The lowest BCUT2D eigenvalue weighted by Gasteiger charge is -2.42. The molecule has 0 saturated carbocycles. The molecule has 3 fully saturated rings. The molecule has 2 aromatic rings. The molecular weight excluding hydrogens is 1120 g/mol. The highest BCUT2D eigenvalue weighted by Gasteiger charge is 2.64. The molecule has 5 heterocycles. The van der Waals surface area contributed by atoms with Gasteiger partial charge in [0.2, 0.25) is 17.7 Å². The van der Waals surface area contributed by atoms with E-state index in [1.54, 1.807) is 39.2 Å². The molecule has 3 saturated heterocycles. The predicted octanol–water partition coefficient (Wildman–Crippen LogP) is 6.77. The Balaban J connectivity index is 0.917. The number of nitrogens with one attached hydrogen (secondary N) is 2. The standard InChI is InChI=1S/C57H74ClN7O15S2/c1-32-14-11-17-42(75-10)57(74)29-41(77-54(73)60-57)34(3)52-56(7,79-52)43(28-48(70)64(9)40-26-36(24-32)25-33(2)50(40)58)78-53(72)35(4)63(8)45(67)21-23-81-82-55(5,6)30-44(66)62-61-39-16-12-15-37-27-38(31-59-51(37)39)76-22-13-18-49(71)80-65-46(68)19-20-47(65)69/h11,14,17,25-27,31,34-35,41-43,52,74H,12-13,15-16,18-24,28-30H2,1-10H3,(H,60,73)(H,62,66)/b17-11+,32-14+,61-39+/t34-,35+,41+,42-,43+,52+,56+,57+/m1/s1. The number of alkyl carbamates (subject to hydrolysis) is 1. The highest BCUT2D eigenvalue weighted by Crippen LogP contribution is 2.49. The minimum Gasteiger partial charge on any atom is -0.492 e. The molecule has 1 aliphatic carbocycles. The zero-order valence-corrected chi connectivity index (χ0v) is 50.4. The molecule has 0 spiro atoms. The van der Waals surface area contributed by atoms with Gasteiger partial charge in [-0.05, 0) is 102 Å². The molecule has 5 aliphatic rings. The molecule has 1 aromatic heterocycles. The zero-order chi connectivity index (χ0) is 59.8. The van der Waals surface area contributed by atoms with Crippen LogP contribution in [0.3, 0.4) is 0 Å². The molecular formula is C57H74ClN7O15S2. The Labute approximate surface area is 490 Å². The van der Waals surface area contributed by atoms with Crippen molar-refractivity contribution < 1.29 is 72.0 Å². The van der Waals surface area contributed by atoms with Crippen LogP contribution in [0.15, 0.2) is 53.3 Å². The number of aromatic nitrogens is 1. The monoisotopic (exact) mass is 1200 g/mol. The summed E-state index contributed by atoms with van der Waals surface area (Å²) >= 11 is 6.85. The van der Waals surface area contributed by atoms with E-state index in [4.69, 9.17) is 40.1 Å². The maximum atomic E-state index is 14.4. The lowest BCUT2D eigenvalue weighted by molar-refractivity contribution is -0.197. The number of carbonyl (C=O) groups is 8. The number of epoxide rings is 1. The fraction of sp³-hybridized carbons (Fsp3) is 0.579. The van der Waals surface area contributed by atoms with Gasteiger partial charge in [-0.2, -0.15) is 5.10 Å². The number of allylic oxidation sites excluding steroid dienone is 3. The van der Waals surface area contributed by atoms with E-state index in [9.17, 15) is 43.5 Å². The molecule has 6 amide bonds. The summed E-state index contributed by atoms with van der Waals surface area (Å²) in [6.07, 6.45) is 4.85. The van der Waals surface area contributed by atoms with Crippen molar-refractivity contribution in [3.63, 3.8) is 0 Å². The van der Waals surface area contributed by atoms with E-state index >= 15 is 0 Å². The van der Waals surface area contributed by atoms with Crippen LogP contribution in [0.25, 0.3) is 0 Å². The molecule has 4 aliphatic heterocycles. The number of ether oxygens (including phenoxy) is 5. The number of aliphatic hydroxyl groups is 1. The average Bonchev–Trinajstić information content (AvgIpc) is 2.12. The Morgan fingerprint density at radius 2 is 1.80 bits per heavy atom. The maximum absolute atomic E-state index is 14.4. The van der Waals surface area contributed by atoms with Crippen LogP contribution in [0.5, 0.6) is 5.75 Å². The Bertz CT molecular complexity index is 2890. The molecule has 3 N–H and O–H groups in total. The summed E-state index contributed by atoms with van der Waals surface area (Å²) in [6, 6.07) is 4.54. The van der Waals surface area contributed by atoms with Crippen molar-refractivity contribution >= 4 is 92.2 Å². The number of pyridine rings is 1. The van der Waals surface area contributed by atoms with Gasteiger partial charge in [0.1, 0.15) is 35.7 Å². The highest BCUT2D eigenvalue weighted by molar-refractivity contribution is 8.77. The number of esters is 1. The number of nitrogens with zero attached hydrogens (tertiary/aromatic N) is 5. The van der Waals surface area contributed by atoms with E-state index < -0.39 is 88.2 Å². The van der Waals surface area contributed by atoms with Gasteiger partial charge in [0.15, 0.2) is 5.72 Å². The van der Waals surface area contributed by atoms with Gasteiger partial charge >= 0.3 is 18.0 Å². The molecule has 7 rings (SSSR count). The number of methoxy groups -OCH3 is 1. The van der Waals surface area contributed by atoms with Crippen LogP contribution >= 0.6 is 33.2 Å². The Hall–Kier alpha value is -6.05. The number of halogens is 1. The van der Waals surface area contributed by atoms with E-state index in [0.717, 1.165) is 35.1 Å². The van der Waals surface area contributed by atoms with Crippen molar-refractivity contribution in [2.45, 2.75) is 172 Å². The zero-order valence-electron chi connectivity index (χ0n) is 48.0. The topological polar surface area (TPSA) is 274 Å². The molecule has 8 atom stereocenters. The second kappa shape index (κ2) is 27.1. The number of hydrogen-bond acceptors (Lipinski definition) is 19. The predicted molar refractivity (Wildman–Crippen MR) is 306 cm³/mol. The molecule has 22 nitrogen and oxygen atoms in total. The summed E-state index contributed by atoms with van der Waals surface area (Å²) in [7, 11) is 7.38. The van der Waals surface area contributed by atoms with Gasteiger partial charge in [0.05, 0.1) is 53.9 Å². The van der Waals surface area contributed by atoms with Crippen LogP contribution in [0.1, 0.15) is 128 Å². The first-order valence-electron chi connectivity index (χ1n) is 27.3. The Kier molecular flexibility index (Phi) is 21.0. The van der Waals surface area contributed by atoms with Crippen molar-refractivity contribution in [1.29, 1.82) is 0 Å². The summed E-state index contributed by atoms with van der Waals surface area (Å²) in [5, 5.41) is 19.7. The summed E-state index contributed by atoms with van der Waals surface area (Å²) in [4.78, 5) is 116. The van der Waals surface area contributed by atoms with Gasteiger partial charge in [-0.1, -0.05) is 70.0 Å². The van der Waals surface area contributed by atoms with E-state index in [1.807, 2.05) is 52.0 Å². The maximum Gasteiger partial charge on any atom is 0.409 e. The van der Waals surface area contributed by atoms with Gasteiger partial charge in [-0.25, -0.2) is 19.8 Å². The number of amides is 6. The van der Waals surface area contributed by atoms with Gasteiger partial charge < -0.3 is 43.4 Å². The Morgan fingerprint density at radius 3 is 2.52 bits per heavy atom. The van der Waals surface area contributed by atoms with Gasteiger partial charge in [-0.15, -0.1) is 5.06 Å². The highest BCUT2D eigenvalue weighted by atomic mass is 35.5. The molecule has 25 heteroatoms. The van der Waals surface area contributed by atoms with E-state index in [0.29, 0.717) is 51.5 Å². The number of likely N-dealkylation sites (N-methyl/N-ethyl adjacent to an activating group) is 1. The number of hydrazone groups is 1. The fourth-order valence-corrected chi connectivity index (χ4v) is 13.0. The van der Waals surface area contributed by atoms with Crippen molar-refractivity contribution in [3.05, 3.63) is 75.6 Å². The quantitative estimate of drug-likeness (QED) is 0.0347. The third kappa shape index (κ3) is 15.8. The summed E-state index contributed by atoms with van der Waals surface area (Å²) in [5.74, 6) is -3.35. The normalized spacial score (nSPS) is 26.8. The molecule has 446 valence electrons. The number of hydroxylamine groups is 2. The molecule has 0 unspecified atom stereocenters. The van der Waals surface area contributed by atoms with Crippen LogP contribution in [0.4, 0.5) is 10.5 Å². The van der Waals surface area contributed by atoms with Crippen molar-refractivity contribution in [2.75, 3.05) is 38.5 Å². The minimum absolute atomic E-state index is 0.0187. The van der Waals surface area contributed by atoms with Gasteiger partial charge in [0, 0.05) is 69.7 Å². The number of aryl methyl sites for hydroxylation is 2. The number of imide groups is 1. The molecule has 4 bridgehead atoms. The van der Waals surface area contributed by atoms with Crippen LogP contribution < -0.4 is 20.4 Å². The Morgan fingerprint density at radius 1 is 1.07 bits per heavy atom. The summed E-state index contributed by atoms with van der Waals surface area (Å²) in [5.41, 5.74) is 4.76. The smallest absolute Gasteiger partial charge is 0.409 e. The van der Waals surface area contributed by atoms with Crippen molar-refractivity contribution in [1.82, 2.24) is 25.7 Å². The SMILES string of the molecule is CO[C@@H]1/C=C/C=C(\C)Cc2cc(C)c(Cl)c(c2)N(C)C(=O)C[C@H](OC(=O)[C@H](C)N(C)C(=O)CCSSC(C)(C)CC(=O)N/N=C2\CCCc3cc(OCCCC(=O)ON4C(=O)CCC4=O)cnc32)[C@]2(C)O[C@H]2[C@H](C)[C@@H]2C[C@@]1(O)NC(=O)O2. The van der Waals surface area contributed by atoms with E-state index in [2.05, 4.69) is 20.8 Å². The van der Waals surface area contributed by atoms with Gasteiger partial charge in [-0.3, -0.25) is 34.3 Å². The van der Waals surface area contributed by atoms with Crippen molar-refractivity contribution in [3.8, 4) is 5.75 Å². The number of benzene rings is 1. The minimum atomic E-state index is -1.86. The molecule has 0 radical (unpaired) electrons. The lowest BCUT2D eigenvalue weighted by atomic mass is 9.83. The number of anilines is 1. The third-order valence-electron chi connectivity index (χ3n) is 15.2. The van der Waals surface area contributed by atoms with Crippen LogP contribution in [-0.2, 0) is 70.2 Å². The van der Waals surface area contributed by atoms with Gasteiger partial charge in [0.25, 0.3) is 11.8 Å². The molecule has 82 heavy (non-hydrogen) atoms. The summed E-state index contributed by atoms with van der Waals surface area (Å²) in [6.45, 7) is 12.8. The largest absolute Gasteiger partial charge is 0.492 e. The van der Waals surface area contributed by atoms with Crippen LogP contribution in [0.2, 0.25) is 5.02 Å². The summed E-state index contributed by atoms with van der Waals surface area (Å²) < 4.78 is 29.2. The second-order valence-electron chi connectivity index (χ2n) is 22.2. The number of rotatable bonds is 18. The van der Waals surface area contributed by atoms with Crippen molar-refractivity contribution in [2.24, 2.45) is 11.0 Å². The van der Waals surface area contributed by atoms with E-state index in [-0.39, 0.29) is 69.8 Å². The van der Waals surface area contributed by atoms with Crippen LogP contribution in [0, 0.1) is 12.8 Å². The third-order valence-corrected chi connectivity index (χ3v) is 19.0. The second-order valence-corrected chi connectivity index (χ2v) is 25.7. The lowest BCUT2D eigenvalue weighted by Crippen LogP contribution is -2.63. The van der Waals surface area contributed by atoms with Crippen LogP contribution in [-0.4, -0.2) is 153 Å². The fourth-order valence-electron chi connectivity index (χ4n) is 10.3. The number of fused-ring (bicyclic) bond motifs is 6. The first-order chi connectivity index (χ1) is 38.7. The number of hydrogen-bond donors (Lipinski definition) is 3.